The van der Waals surface area contributed by atoms with E-state index < -0.39 is 0 Å². The summed E-state index contributed by atoms with van der Waals surface area (Å²) in [5, 5.41) is 10.6. The smallest absolute Gasteiger partial charge is 0.331 e. The molecule has 0 amide bonds. The third-order valence-corrected chi connectivity index (χ3v) is 4.01. The van der Waals surface area contributed by atoms with Gasteiger partial charge in [-0.05, 0) is 11.1 Å². The minimum absolute atomic E-state index is 0.0227. The van der Waals surface area contributed by atoms with Crippen molar-refractivity contribution in [1.82, 2.24) is 9.13 Å². The summed E-state index contributed by atoms with van der Waals surface area (Å²) < 4.78 is 3.00. The first kappa shape index (κ1) is 15.9. The highest BCUT2D eigenvalue weighted by atomic mass is 16.3. The molecule has 0 bridgehead atoms. The standard InChI is InChI=1S/C20H20N2O2/c1-2-13-21-18(14-16-9-5-3-6-10-16)19(23)22(20(21)24)15-17-11-7-4-8-12-17/h2-12,23H,1,13-15H2. The molecule has 0 spiro atoms. The van der Waals surface area contributed by atoms with Gasteiger partial charge in [0.25, 0.3) is 0 Å². The summed E-state index contributed by atoms with van der Waals surface area (Å²) in [6.45, 7) is 4.43. The zero-order valence-corrected chi connectivity index (χ0v) is 13.4. The molecule has 0 aliphatic rings. The van der Waals surface area contributed by atoms with Gasteiger partial charge in [0, 0.05) is 13.0 Å². The van der Waals surface area contributed by atoms with E-state index in [9.17, 15) is 9.90 Å². The van der Waals surface area contributed by atoms with Crippen LogP contribution in [0.15, 0.2) is 78.1 Å². The van der Waals surface area contributed by atoms with Crippen molar-refractivity contribution >= 4 is 0 Å². The first-order valence-corrected chi connectivity index (χ1v) is 7.90. The van der Waals surface area contributed by atoms with Gasteiger partial charge in [-0.25, -0.2) is 4.79 Å². The summed E-state index contributed by atoms with van der Waals surface area (Å²) in [7, 11) is 0. The molecule has 0 aliphatic carbocycles. The number of aromatic nitrogens is 2. The summed E-state index contributed by atoms with van der Waals surface area (Å²) in [6.07, 6.45) is 2.17. The van der Waals surface area contributed by atoms with Crippen LogP contribution >= 0.6 is 0 Å². The molecule has 2 aromatic carbocycles. The van der Waals surface area contributed by atoms with E-state index in [1.165, 1.54) is 4.57 Å². The van der Waals surface area contributed by atoms with Gasteiger partial charge in [0.05, 0.1) is 12.2 Å². The van der Waals surface area contributed by atoms with E-state index in [1.54, 1.807) is 10.6 Å². The molecule has 0 aliphatic heterocycles. The van der Waals surface area contributed by atoms with Crippen LogP contribution in [0.1, 0.15) is 16.8 Å². The Morgan fingerprint density at radius 3 is 2.08 bits per heavy atom. The van der Waals surface area contributed by atoms with Gasteiger partial charge in [0.1, 0.15) is 0 Å². The SMILES string of the molecule is C=CCn1c(Cc2ccccc2)c(O)n(Cc2ccccc2)c1=O. The lowest BCUT2D eigenvalue weighted by Crippen LogP contribution is -2.25. The van der Waals surface area contributed by atoms with E-state index >= 15 is 0 Å². The van der Waals surface area contributed by atoms with Gasteiger partial charge in [-0.1, -0.05) is 66.7 Å². The van der Waals surface area contributed by atoms with Gasteiger partial charge >= 0.3 is 5.69 Å². The second-order valence-corrected chi connectivity index (χ2v) is 5.69. The second-order valence-electron chi connectivity index (χ2n) is 5.69. The van der Waals surface area contributed by atoms with Crippen molar-refractivity contribution in [3.8, 4) is 5.88 Å². The van der Waals surface area contributed by atoms with Crippen LogP contribution in [-0.2, 0) is 19.5 Å². The highest BCUT2D eigenvalue weighted by Gasteiger charge is 2.19. The Bertz CT molecular complexity index is 877. The molecule has 0 saturated carbocycles. The maximum Gasteiger partial charge on any atom is 0.331 e. The molecule has 4 nitrogen and oxygen atoms in total. The lowest BCUT2D eigenvalue weighted by molar-refractivity contribution is 0.416. The van der Waals surface area contributed by atoms with E-state index in [-0.39, 0.29) is 11.6 Å². The van der Waals surface area contributed by atoms with Gasteiger partial charge in [0.2, 0.25) is 5.88 Å². The average Bonchev–Trinajstić information content (AvgIpc) is 2.82. The van der Waals surface area contributed by atoms with Gasteiger partial charge < -0.3 is 5.11 Å². The number of hydrogen-bond donors (Lipinski definition) is 1. The fourth-order valence-corrected chi connectivity index (χ4v) is 2.82. The second kappa shape index (κ2) is 7.04. The van der Waals surface area contributed by atoms with Crippen molar-refractivity contribution in [2.24, 2.45) is 0 Å². The first-order valence-electron chi connectivity index (χ1n) is 7.90. The molecule has 0 radical (unpaired) electrons. The molecule has 3 aromatic rings. The molecule has 1 aromatic heterocycles. The van der Waals surface area contributed by atoms with E-state index in [1.807, 2.05) is 60.7 Å². The first-order chi connectivity index (χ1) is 11.7. The van der Waals surface area contributed by atoms with Crippen molar-refractivity contribution in [2.45, 2.75) is 19.5 Å². The zero-order valence-electron chi connectivity index (χ0n) is 13.4. The number of rotatable bonds is 6. The molecule has 0 unspecified atom stereocenters. The number of imidazole rings is 1. The fourth-order valence-electron chi connectivity index (χ4n) is 2.82. The molecule has 0 fully saturated rings. The van der Waals surface area contributed by atoms with E-state index in [0.717, 1.165) is 11.1 Å². The van der Waals surface area contributed by atoms with Crippen molar-refractivity contribution in [1.29, 1.82) is 0 Å². The van der Waals surface area contributed by atoms with Gasteiger partial charge in [-0.3, -0.25) is 9.13 Å². The number of allylic oxidation sites excluding steroid dienone is 1. The third-order valence-electron chi connectivity index (χ3n) is 4.01. The topological polar surface area (TPSA) is 47.2 Å². The molecule has 0 atom stereocenters. The van der Waals surface area contributed by atoms with Gasteiger partial charge in [0.15, 0.2) is 0 Å². The van der Waals surface area contributed by atoms with E-state index in [2.05, 4.69) is 6.58 Å². The summed E-state index contributed by atoms with van der Waals surface area (Å²) in [5.74, 6) is 0.0227. The Hall–Kier alpha value is -3.01. The Labute approximate surface area is 140 Å². The summed E-state index contributed by atoms with van der Waals surface area (Å²) >= 11 is 0. The van der Waals surface area contributed by atoms with Crippen LogP contribution < -0.4 is 5.69 Å². The Balaban J connectivity index is 2.03. The highest BCUT2D eigenvalue weighted by Crippen LogP contribution is 2.21. The van der Waals surface area contributed by atoms with Crippen molar-refractivity contribution < 1.29 is 5.11 Å². The zero-order chi connectivity index (χ0) is 16.9. The highest BCUT2D eigenvalue weighted by molar-refractivity contribution is 5.30. The molecule has 1 heterocycles. The Morgan fingerprint density at radius 1 is 0.917 bits per heavy atom. The number of hydrogen-bond acceptors (Lipinski definition) is 2. The van der Waals surface area contributed by atoms with Crippen LogP contribution in [0.3, 0.4) is 0 Å². The predicted molar refractivity (Wildman–Crippen MR) is 95.3 cm³/mol. The monoisotopic (exact) mass is 320 g/mol. The predicted octanol–water partition coefficient (Wildman–Crippen LogP) is 3.18. The largest absolute Gasteiger partial charge is 0.493 e. The molecular weight excluding hydrogens is 300 g/mol. The lowest BCUT2D eigenvalue weighted by Gasteiger charge is -2.05. The van der Waals surface area contributed by atoms with Gasteiger partial charge in [-0.2, -0.15) is 0 Å². The van der Waals surface area contributed by atoms with Crippen LogP contribution in [0.2, 0.25) is 0 Å². The molecular formula is C20H20N2O2. The van der Waals surface area contributed by atoms with Gasteiger partial charge in [-0.15, -0.1) is 6.58 Å². The van der Waals surface area contributed by atoms with E-state index in [0.29, 0.717) is 25.2 Å². The van der Waals surface area contributed by atoms with Crippen molar-refractivity contribution in [3.63, 3.8) is 0 Å². The van der Waals surface area contributed by atoms with Crippen LogP contribution in [-0.4, -0.2) is 14.2 Å². The molecule has 24 heavy (non-hydrogen) atoms. The Kier molecular flexibility index (Phi) is 4.66. The van der Waals surface area contributed by atoms with Crippen molar-refractivity contribution in [3.05, 3.63) is 101 Å². The maximum atomic E-state index is 12.7. The molecule has 122 valence electrons. The number of aromatic hydroxyl groups is 1. The van der Waals surface area contributed by atoms with Crippen LogP contribution in [0.5, 0.6) is 5.88 Å². The number of nitrogens with zero attached hydrogens (tertiary/aromatic N) is 2. The molecule has 4 heteroatoms. The van der Waals surface area contributed by atoms with Crippen LogP contribution in [0.4, 0.5) is 0 Å². The third kappa shape index (κ3) is 3.18. The summed E-state index contributed by atoms with van der Waals surface area (Å²) in [6, 6.07) is 19.4. The quantitative estimate of drug-likeness (QED) is 0.709. The lowest BCUT2D eigenvalue weighted by atomic mass is 10.1. The Morgan fingerprint density at radius 2 is 1.50 bits per heavy atom. The molecule has 0 saturated heterocycles. The normalized spacial score (nSPS) is 10.7. The van der Waals surface area contributed by atoms with Crippen LogP contribution in [0, 0.1) is 0 Å². The minimum atomic E-state index is -0.220. The molecule has 3 rings (SSSR count). The van der Waals surface area contributed by atoms with E-state index in [4.69, 9.17) is 0 Å². The fraction of sp³-hybridized carbons (Fsp3) is 0.150. The molecule has 1 N–H and O–H groups in total. The average molecular weight is 320 g/mol. The maximum absolute atomic E-state index is 12.7. The summed E-state index contributed by atoms with van der Waals surface area (Å²) in [4.78, 5) is 12.7. The number of benzene rings is 2. The minimum Gasteiger partial charge on any atom is -0.493 e. The summed E-state index contributed by atoms with van der Waals surface area (Å²) in [5.41, 5.74) is 2.41. The van der Waals surface area contributed by atoms with Crippen molar-refractivity contribution in [2.75, 3.05) is 0 Å². The van der Waals surface area contributed by atoms with Crippen LogP contribution in [0.25, 0.3) is 0 Å².